The second kappa shape index (κ2) is 9.70. The van der Waals surface area contributed by atoms with Crippen molar-refractivity contribution in [2.45, 2.75) is 71.0 Å². The smallest absolute Gasteiger partial charge is 0.263 e. The van der Waals surface area contributed by atoms with Gasteiger partial charge in [-0.25, -0.2) is 4.98 Å². The number of hydrogen-bond acceptors (Lipinski definition) is 5. The minimum absolute atomic E-state index is 0.0721. The Kier molecular flexibility index (Phi) is 6.97. The lowest BCUT2D eigenvalue weighted by Crippen LogP contribution is -2.25. The van der Waals surface area contributed by atoms with E-state index in [4.69, 9.17) is 4.98 Å². The van der Waals surface area contributed by atoms with E-state index in [0.29, 0.717) is 23.2 Å². The molecule has 2 aromatic heterocycles. The molecule has 0 N–H and O–H groups in total. The van der Waals surface area contributed by atoms with Gasteiger partial charge in [0.2, 0.25) is 0 Å². The Morgan fingerprint density at radius 2 is 1.94 bits per heavy atom. The van der Waals surface area contributed by atoms with Gasteiger partial charge in [-0.1, -0.05) is 56.8 Å². The number of fused-ring (bicyclic) bond motifs is 3. The molecule has 3 aromatic rings. The molecule has 0 fully saturated rings. The highest BCUT2D eigenvalue weighted by atomic mass is 32.2. The minimum atomic E-state index is 0.0721. The molecule has 0 saturated heterocycles. The van der Waals surface area contributed by atoms with Crippen LogP contribution in [0.3, 0.4) is 0 Å². The van der Waals surface area contributed by atoms with Crippen LogP contribution in [-0.2, 0) is 25.8 Å². The lowest BCUT2D eigenvalue weighted by Gasteiger charge is -2.14. The van der Waals surface area contributed by atoms with Crippen molar-refractivity contribution >= 4 is 39.1 Å². The maximum atomic E-state index is 13.5. The molecule has 2 heterocycles. The number of benzene rings is 1. The molecule has 0 spiro atoms. The lowest BCUT2D eigenvalue weighted by atomic mass is 9.97. The summed E-state index contributed by atoms with van der Waals surface area (Å²) >= 11 is 3.07. The van der Waals surface area contributed by atoms with Crippen LogP contribution < -0.4 is 5.56 Å². The van der Waals surface area contributed by atoms with E-state index < -0.39 is 0 Å². The van der Waals surface area contributed by atoms with Gasteiger partial charge in [-0.05, 0) is 55.6 Å². The van der Waals surface area contributed by atoms with Crippen molar-refractivity contribution in [3.05, 3.63) is 56.2 Å². The van der Waals surface area contributed by atoms with Crippen molar-refractivity contribution in [2.24, 2.45) is 5.92 Å². The summed E-state index contributed by atoms with van der Waals surface area (Å²) in [5.74, 6) is 0.856. The first-order valence-electron chi connectivity index (χ1n) is 11.3. The highest BCUT2D eigenvalue weighted by molar-refractivity contribution is 7.99. The molecule has 0 radical (unpaired) electrons. The van der Waals surface area contributed by atoms with Crippen LogP contribution in [0.25, 0.3) is 10.2 Å². The third kappa shape index (κ3) is 4.80. The van der Waals surface area contributed by atoms with Crippen LogP contribution >= 0.6 is 23.1 Å². The van der Waals surface area contributed by atoms with Crippen molar-refractivity contribution in [2.75, 3.05) is 5.75 Å². The van der Waals surface area contributed by atoms with Gasteiger partial charge in [0.1, 0.15) is 4.83 Å². The van der Waals surface area contributed by atoms with Gasteiger partial charge in [-0.15, -0.1) is 11.3 Å². The average molecular weight is 455 g/mol. The second-order valence-electron chi connectivity index (χ2n) is 8.69. The second-order valence-corrected chi connectivity index (χ2v) is 10.7. The molecular formula is C25H30N2O2S2. The molecule has 0 amide bonds. The molecule has 1 aromatic carbocycles. The first-order valence-corrected chi connectivity index (χ1v) is 13.1. The molecule has 6 heteroatoms. The van der Waals surface area contributed by atoms with Crippen LogP contribution in [0.4, 0.5) is 0 Å². The van der Waals surface area contributed by atoms with E-state index in [1.807, 2.05) is 28.8 Å². The maximum Gasteiger partial charge on any atom is 0.263 e. The zero-order valence-electron chi connectivity index (χ0n) is 18.6. The predicted octanol–water partition coefficient (Wildman–Crippen LogP) is 5.92. The molecule has 31 heavy (non-hydrogen) atoms. The Labute approximate surface area is 192 Å². The number of carbonyl (C=O) groups is 1. The normalized spacial score (nSPS) is 13.7. The van der Waals surface area contributed by atoms with E-state index >= 15 is 0 Å². The van der Waals surface area contributed by atoms with Crippen LogP contribution in [0, 0.1) is 5.92 Å². The van der Waals surface area contributed by atoms with Gasteiger partial charge in [0.25, 0.3) is 5.56 Å². The molecule has 1 aliphatic rings. The zero-order valence-corrected chi connectivity index (χ0v) is 20.2. The van der Waals surface area contributed by atoms with E-state index in [0.717, 1.165) is 42.3 Å². The summed E-state index contributed by atoms with van der Waals surface area (Å²) in [5, 5.41) is 1.50. The number of ketones is 1. The number of nitrogens with zero attached hydrogens (tertiary/aromatic N) is 2. The van der Waals surface area contributed by atoms with Crippen molar-refractivity contribution in [1.82, 2.24) is 9.55 Å². The van der Waals surface area contributed by atoms with Crippen molar-refractivity contribution in [3.63, 3.8) is 0 Å². The standard InChI is InChI=1S/C25H30N2O2S2/c1-4-17-9-11-18(12-10-17)20(28)15-30-25-26-23-22(19-7-5-6-8-21(19)31-23)24(29)27(25)14-13-16(2)3/h9-12,16H,4-8,13-15H2,1-3H3. The van der Waals surface area contributed by atoms with Gasteiger partial charge in [-0.3, -0.25) is 14.2 Å². The Morgan fingerprint density at radius 1 is 1.19 bits per heavy atom. The van der Waals surface area contributed by atoms with Crippen LogP contribution in [0.15, 0.2) is 34.2 Å². The number of carbonyl (C=O) groups excluding carboxylic acids is 1. The summed E-state index contributed by atoms with van der Waals surface area (Å²) < 4.78 is 1.82. The van der Waals surface area contributed by atoms with Crippen molar-refractivity contribution < 1.29 is 4.79 Å². The molecule has 1 aliphatic carbocycles. The monoisotopic (exact) mass is 454 g/mol. The Bertz CT molecular complexity index is 1140. The van der Waals surface area contributed by atoms with E-state index in [9.17, 15) is 9.59 Å². The summed E-state index contributed by atoms with van der Waals surface area (Å²) in [6.07, 6.45) is 6.24. The number of aromatic nitrogens is 2. The maximum absolute atomic E-state index is 13.5. The van der Waals surface area contributed by atoms with Gasteiger partial charge in [0, 0.05) is 17.0 Å². The number of Topliss-reactive ketones (excluding diaryl/α,β-unsaturated/α-hetero) is 1. The molecule has 0 unspecified atom stereocenters. The first kappa shape index (κ1) is 22.3. The highest BCUT2D eigenvalue weighted by Crippen LogP contribution is 2.35. The van der Waals surface area contributed by atoms with E-state index in [2.05, 4.69) is 20.8 Å². The quantitative estimate of drug-likeness (QED) is 0.241. The average Bonchev–Trinajstić information content (AvgIpc) is 3.15. The van der Waals surface area contributed by atoms with Gasteiger partial charge >= 0.3 is 0 Å². The van der Waals surface area contributed by atoms with E-state index in [1.165, 1.54) is 34.2 Å². The third-order valence-corrected chi connectivity index (χ3v) is 8.15. The number of rotatable bonds is 8. The lowest BCUT2D eigenvalue weighted by molar-refractivity contribution is 0.102. The highest BCUT2D eigenvalue weighted by Gasteiger charge is 2.22. The SMILES string of the molecule is CCc1ccc(C(=O)CSc2nc3sc4c(c3c(=O)n2CCC(C)C)CCCC4)cc1. The van der Waals surface area contributed by atoms with Crippen molar-refractivity contribution in [3.8, 4) is 0 Å². The summed E-state index contributed by atoms with van der Waals surface area (Å²) in [6.45, 7) is 7.08. The molecule has 0 atom stereocenters. The van der Waals surface area contributed by atoms with Gasteiger partial charge in [0.15, 0.2) is 10.9 Å². The van der Waals surface area contributed by atoms with Crippen LogP contribution in [-0.4, -0.2) is 21.1 Å². The molecule has 4 rings (SSSR count). The van der Waals surface area contributed by atoms with Gasteiger partial charge in [0.05, 0.1) is 11.1 Å². The van der Waals surface area contributed by atoms with E-state index in [-0.39, 0.29) is 17.1 Å². The summed E-state index contributed by atoms with van der Waals surface area (Å²) in [4.78, 5) is 33.4. The summed E-state index contributed by atoms with van der Waals surface area (Å²) in [7, 11) is 0. The molecule has 0 saturated carbocycles. The molecule has 0 bridgehead atoms. The summed E-state index contributed by atoms with van der Waals surface area (Å²) in [6, 6.07) is 7.82. The molecule has 164 valence electrons. The topological polar surface area (TPSA) is 52.0 Å². The largest absolute Gasteiger partial charge is 0.293 e. The molecule has 4 nitrogen and oxygen atoms in total. The van der Waals surface area contributed by atoms with Crippen LogP contribution in [0.2, 0.25) is 0 Å². The number of thiophene rings is 1. The van der Waals surface area contributed by atoms with Crippen LogP contribution in [0.5, 0.6) is 0 Å². The number of aryl methyl sites for hydroxylation is 3. The molecule has 0 aliphatic heterocycles. The zero-order chi connectivity index (χ0) is 22.0. The fourth-order valence-electron chi connectivity index (χ4n) is 4.05. The van der Waals surface area contributed by atoms with E-state index in [1.54, 1.807) is 11.3 Å². The Morgan fingerprint density at radius 3 is 2.65 bits per heavy atom. The fourth-order valence-corrected chi connectivity index (χ4v) is 6.28. The molecular weight excluding hydrogens is 424 g/mol. The van der Waals surface area contributed by atoms with Gasteiger partial charge in [-0.2, -0.15) is 0 Å². The number of thioether (sulfide) groups is 1. The number of hydrogen-bond donors (Lipinski definition) is 0. The fraction of sp³-hybridized carbons (Fsp3) is 0.480. The minimum Gasteiger partial charge on any atom is -0.293 e. The first-order chi connectivity index (χ1) is 15.0. The van der Waals surface area contributed by atoms with Crippen molar-refractivity contribution in [1.29, 1.82) is 0 Å². The van der Waals surface area contributed by atoms with Gasteiger partial charge < -0.3 is 0 Å². The Balaban J connectivity index is 1.65. The van der Waals surface area contributed by atoms with Crippen LogP contribution in [0.1, 0.15) is 66.4 Å². The summed E-state index contributed by atoms with van der Waals surface area (Å²) in [5.41, 5.74) is 3.24. The third-order valence-electron chi connectivity index (χ3n) is 5.99. The predicted molar refractivity (Wildman–Crippen MR) is 131 cm³/mol. The Hall–Kier alpha value is -1.92.